The fraction of sp³-hybridized carbons (Fsp3) is 0.333. The number of amides is 1. The van der Waals surface area contributed by atoms with Crippen LogP contribution < -0.4 is 10.1 Å². The second-order valence-corrected chi connectivity index (χ2v) is 7.16. The first kappa shape index (κ1) is 20.3. The molecular formula is C21H25NO5. The number of ether oxygens (including phenoxy) is 2. The Morgan fingerprint density at radius 1 is 1.00 bits per heavy atom. The lowest BCUT2D eigenvalue weighted by molar-refractivity contribution is -0.139. The van der Waals surface area contributed by atoms with Crippen molar-refractivity contribution in [1.82, 2.24) is 5.32 Å². The molecule has 0 aliphatic carbocycles. The average Bonchev–Trinajstić information content (AvgIpc) is 2.60. The van der Waals surface area contributed by atoms with E-state index in [4.69, 9.17) is 9.47 Å². The third kappa shape index (κ3) is 7.40. The Bertz CT molecular complexity index is 750. The molecular weight excluding hydrogens is 346 g/mol. The molecule has 0 saturated carbocycles. The first-order chi connectivity index (χ1) is 12.7. The van der Waals surface area contributed by atoms with Crippen LogP contribution in [0, 0.1) is 0 Å². The van der Waals surface area contributed by atoms with E-state index in [0.29, 0.717) is 12.4 Å². The van der Waals surface area contributed by atoms with Gasteiger partial charge < -0.3 is 19.9 Å². The van der Waals surface area contributed by atoms with Gasteiger partial charge in [-0.2, -0.15) is 0 Å². The van der Waals surface area contributed by atoms with E-state index >= 15 is 0 Å². The number of alkyl carbamates (subject to hydrolysis) is 1. The van der Waals surface area contributed by atoms with E-state index in [-0.39, 0.29) is 6.42 Å². The Morgan fingerprint density at radius 3 is 2.19 bits per heavy atom. The van der Waals surface area contributed by atoms with Crippen LogP contribution in [-0.4, -0.2) is 28.8 Å². The number of carbonyl (C=O) groups is 2. The Labute approximate surface area is 159 Å². The monoisotopic (exact) mass is 371 g/mol. The van der Waals surface area contributed by atoms with Crippen LogP contribution in [0.3, 0.4) is 0 Å². The highest BCUT2D eigenvalue weighted by atomic mass is 16.6. The molecule has 27 heavy (non-hydrogen) atoms. The van der Waals surface area contributed by atoms with Crippen molar-refractivity contribution < 1.29 is 24.2 Å². The van der Waals surface area contributed by atoms with Crippen LogP contribution in [0.4, 0.5) is 4.79 Å². The van der Waals surface area contributed by atoms with Crippen molar-refractivity contribution in [2.24, 2.45) is 0 Å². The molecule has 6 heteroatoms. The summed E-state index contributed by atoms with van der Waals surface area (Å²) >= 11 is 0. The van der Waals surface area contributed by atoms with Crippen molar-refractivity contribution in [2.45, 2.75) is 45.4 Å². The molecule has 0 spiro atoms. The van der Waals surface area contributed by atoms with Gasteiger partial charge in [-0.1, -0.05) is 42.5 Å². The smallest absolute Gasteiger partial charge is 0.408 e. The molecule has 144 valence electrons. The molecule has 1 amide bonds. The van der Waals surface area contributed by atoms with E-state index in [1.807, 2.05) is 30.3 Å². The van der Waals surface area contributed by atoms with Crippen molar-refractivity contribution in [3.05, 3.63) is 65.7 Å². The maximum absolute atomic E-state index is 11.8. The molecule has 0 heterocycles. The highest BCUT2D eigenvalue weighted by Gasteiger charge is 2.24. The summed E-state index contributed by atoms with van der Waals surface area (Å²) in [5.41, 5.74) is 1.14. The van der Waals surface area contributed by atoms with Gasteiger partial charge in [0.05, 0.1) is 0 Å². The summed E-state index contributed by atoms with van der Waals surface area (Å²) in [7, 11) is 0. The zero-order chi connectivity index (χ0) is 19.9. The lowest BCUT2D eigenvalue weighted by Crippen LogP contribution is -2.44. The third-order valence-corrected chi connectivity index (χ3v) is 3.60. The Kier molecular flexibility index (Phi) is 6.82. The minimum absolute atomic E-state index is 0.146. The number of carboxylic acid groups (broad SMARTS) is 1. The number of benzene rings is 2. The zero-order valence-electron chi connectivity index (χ0n) is 15.8. The molecule has 0 radical (unpaired) electrons. The summed E-state index contributed by atoms with van der Waals surface area (Å²) in [6.45, 7) is 5.61. The summed E-state index contributed by atoms with van der Waals surface area (Å²) < 4.78 is 10.8. The quantitative estimate of drug-likeness (QED) is 0.774. The molecule has 2 N–H and O–H groups in total. The van der Waals surface area contributed by atoms with Crippen molar-refractivity contribution in [1.29, 1.82) is 0 Å². The van der Waals surface area contributed by atoms with Crippen LogP contribution in [0.25, 0.3) is 0 Å². The molecule has 0 aliphatic heterocycles. The summed E-state index contributed by atoms with van der Waals surface area (Å²) in [6.07, 6.45) is -0.606. The van der Waals surface area contributed by atoms with Gasteiger partial charge in [-0.3, -0.25) is 0 Å². The molecule has 0 aromatic heterocycles. The van der Waals surface area contributed by atoms with Gasteiger partial charge in [0.2, 0.25) is 0 Å². The predicted molar refractivity (Wildman–Crippen MR) is 102 cm³/mol. The number of carbonyl (C=O) groups excluding carboxylic acids is 1. The minimum atomic E-state index is -1.12. The van der Waals surface area contributed by atoms with Crippen LogP contribution in [0.5, 0.6) is 5.75 Å². The molecule has 2 rings (SSSR count). The van der Waals surface area contributed by atoms with E-state index < -0.39 is 23.7 Å². The third-order valence-electron chi connectivity index (χ3n) is 3.60. The maximum Gasteiger partial charge on any atom is 0.408 e. The number of carboxylic acids is 1. The second-order valence-electron chi connectivity index (χ2n) is 7.16. The van der Waals surface area contributed by atoms with Gasteiger partial charge in [0.1, 0.15) is 24.0 Å². The Hall–Kier alpha value is -3.02. The van der Waals surface area contributed by atoms with E-state index in [0.717, 1.165) is 11.1 Å². The van der Waals surface area contributed by atoms with E-state index in [9.17, 15) is 14.7 Å². The molecule has 0 aliphatic rings. The van der Waals surface area contributed by atoms with Gasteiger partial charge in [-0.15, -0.1) is 0 Å². The van der Waals surface area contributed by atoms with Crippen LogP contribution in [0.1, 0.15) is 31.9 Å². The van der Waals surface area contributed by atoms with Crippen molar-refractivity contribution >= 4 is 12.1 Å². The Balaban J connectivity index is 1.92. The van der Waals surface area contributed by atoms with Gasteiger partial charge in [0, 0.05) is 6.42 Å². The van der Waals surface area contributed by atoms with E-state index in [1.165, 1.54) is 0 Å². The minimum Gasteiger partial charge on any atom is -0.489 e. The van der Waals surface area contributed by atoms with Crippen molar-refractivity contribution in [3.63, 3.8) is 0 Å². The molecule has 6 nitrogen and oxygen atoms in total. The van der Waals surface area contributed by atoms with E-state index in [1.54, 1.807) is 45.0 Å². The van der Waals surface area contributed by atoms with Crippen LogP contribution in [0.2, 0.25) is 0 Å². The molecule has 0 bridgehead atoms. The van der Waals surface area contributed by atoms with Crippen molar-refractivity contribution in [2.75, 3.05) is 0 Å². The zero-order valence-corrected chi connectivity index (χ0v) is 15.8. The fourth-order valence-electron chi connectivity index (χ4n) is 2.35. The van der Waals surface area contributed by atoms with E-state index in [2.05, 4.69) is 5.32 Å². The number of aliphatic carboxylic acids is 1. The van der Waals surface area contributed by atoms with Crippen LogP contribution >= 0.6 is 0 Å². The standard InChI is InChI=1S/C21H25NO5/c1-21(2,3)27-20(25)22-18(19(23)24)13-15-9-11-17(12-10-15)26-14-16-7-5-4-6-8-16/h4-12,18H,13-14H2,1-3H3,(H,22,25)(H,23,24). The lowest BCUT2D eigenvalue weighted by atomic mass is 10.1. The number of hydrogen-bond donors (Lipinski definition) is 2. The first-order valence-electron chi connectivity index (χ1n) is 8.71. The average molecular weight is 371 g/mol. The molecule has 0 fully saturated rings. The van der Waals surface area contributed by atoms with Gasteiger partial charge in [0.15, 0.2) is 0 Å². The summed E-state index contributed by atoms with van der Waals surface area (Å²) in [5.74, 6) is -0.431. The lowest BCUT2D eigenvalue weighted by Gasteiger charge is -2.22. The second kappa shape index (κ2) is 9.07. The molecule has 0 saturated heterocycles. The molecule has 2 aromatic carbocycles. The van der Waals surface area contributed by atoms with Gasteiger partial charge >= 0.3 is 12.1 Å². The maximum atomic E-state index is 11.8. The highest BCUT2D eigenvalue weighted by molar-refractivity contribution is 5.80. The van der Waals surface area contributed by atoms with Gasteiger partial charge in [-0.25, -0.2) is 9.59 Å². The van der Waals surface area contributed by atoms with Crippen molar-refractivity contribution in [3.8, 4) is 5.75 Å². The number of hydrogen-bond acceptors (Lipinski definition) is 4. The molecule has 1 atom stereocenters. The molecule has 1 unspecified atom stereocenters. The summed E-state index contributed by atoms with van der Waals surface area (Å²) in [4.78, 5) is 23.3. The van der Waals surface area contributed by atoms with Gasteiger partial charge in [-0.05, 0) is 44.0 Å². The van der Waals surface area contributed by atoms with Crippen LogP contribution in [-0.2, 0) is 22.6 Å². The molecule has 2 aromatic rings. The summed E-state index contributed by atoms with van der Waals surface area (Å²) in [6, 6.07) is 15.9. The SMILES string of the molecule is CC(C)(C)OC(=O)NC(Cc1ccc(OCc2ccccc2)cc1)C(=O)O. The first-order valence-corrected chi connectivity index (χ1v) is 8.71. The normalized spacial score (nSPS) is 12.1. The Morgan fingerprint density at radius 2 is 1.63 bits per heavy atom. The highest BCUT2D eigenvalue weighted by Crippen LogP contribution is 2.16. The predicted octanol–water partition coefficient (Wildman–Crippen LogP) is 3.79. The largest absolute Gasteiger partial charge is 0.489 e. The summed E-state index contributed by atoms with van der Waals surface area (Å²) in [5, 5.41) is 11.7. The topological polar surface area (TPSA) is 84.9 Å². The number of rotatable bonds is 7. The number of nitrogens with one attached hydrogen (secondary N) is 1. The fourth-order valence-corrected chi connectivity index (χ4v) is 2.35. The van der Waals surface area contributed by atoms with Gasteiger partial charge in [0.25, 0.3) is 0 Å². The van der Waals surface area contributed by atoms with Crippen LogP contribution in [0.15, 0.2) is 54.6 Å².